The second-order valence-electron chi connectivity index (χ2n) is 5.36. The molecule has 0 bridgehead atoms. The van der Waals surface area contributed by atoms with E-state index in [1.54, 1.807) is 12.4 Å². The Morgan fingerprint density at radius 2 is 1.96 bits per heavy atom. The molecule has 2 aromatic heterocycles. The van der Waals surface area contributed by atoms with E-state index in [2.05, 4.69) is 15.3 Å². The first-order valence-corrected chi connectivity index (χ1v) is 8.35. The highest BCUT2D eigenvalue weighted by Gasteiger charge is 2.09. The van der Waals surface area contributed by atoms with Gasteiger partial charge in [-0.05, 0) is 49.2 Å². The van der Waals surface area contributed by atoms with E-state index in [1.807, 2.05) is 49.6 Å². The highest BCUT2D eigenvalue weighted by molar-refractivity contribution is 7.14. The molecule has 0 atom stereocenters. The predicted octanol–water partition coefficient (Wildman–Crippen LogP) is 3.84. The first-order valence-electron chi connectivity index (χ1n) is 7.47. The van der Waals surface area contributed by atoms with E-state index in [1.165, 1.54) is 16.9 Å². The van der Waals surface area contributed by atoms with Crippen LogP contribution in [0.15, 0.2) is 48.1 Å². The van der Waals surface area contributed by atoms with E-state index in [-0.39, 0.29) is 12.5 Å². The van der Waals surface area contributed by atoms with Crippen LogP contribution >= 0.6 is 11.3 Å². The summed E-state index contributed by atoms with van der Waals surface area (Å²) in [5.41, 5.74) is 4.11. The summed E-state index contributed by atoms with van der Waals surface area (Å²) in [4.78, 5) is 20.4. The van der Waals surface area contributed by atoms with Crippen LogP contribution in [0.25, 0.3) is 11.3 Å². The highest BCUT2D eigenvalue weighted by Crippen LogP contribution is 2.24. The number of aromatic nitrogens is 2. The number of anilines is 1. The molecule has 2 heterocycles. The van der Waals surface area contributed by atoms with Gasteiger partial charge >= 0.3 is 0 Å². The zero-order valence-corrected chi connectivity index (χ0v) is 14.3. The molecule has 0 aliphatic heterocycles. The first kappa shape index (κ1) is 16.1. The summed E-state index contributed by atoms with van der Waals surface area (Å²) in [6.07, 6.45) is 3.43. The van der Waals surface area contributed by atoms with Crippen molar-refractivity contribution in [2.45, 2.75) is 13.8 Å². The Morgan fingerprint density at radius 1 is 1.17 bits per heavy atom. The number of amides is 1. The molecular weight excluding hydrogens is 322 g/mol. The van der Waals surface area contributed by atoms with Gasteiger partial charge in [-0.2, -0.15) is 0 Å². The van der Waals surface area contributed by atoms with Gasteiger partial charge in [-0.3, -0.25) is 15.1 Å². The summed E-state index contributed by atoms with van der Waals surface area (Å²) < 4.78 is 5.52. The third-order valence-corrected chi connectivity index (χ3v) is 4.33. The zero-order valence-electron chi connectivity index (χ0n) is 13.4. The highest BCUT2D eigenvalue weighted by atomic mass is 32.1. The number of benzene rings is 1. The summed E-state index contributed by atoms with van der Waals surface area (Å²) in [5, 5.41) is 5.21. The van der Waals surface area contributed by atoms with Gasteiger partial charge in [-0.25, -0.2) is 4.98 Å². The minimum atomic E-state index is -0.233. The van der Waals surface area contributed by atoms with E-state index >= 15 is 0 Å². The van der Waals surface area contributed by atoms with Crippen LogP contribution in [-0.4, -0.2) is 22.5 Å². The van der Waals surface area contributed by atoms with Crippen LogP contribution in [0.1, 0.15) is 11.1 Å². The molecule has 24 heavy (non-hydrogen) atoms. The number of pyridine rings is 1. The largest absolute Gasteiger partial charge is 0.484 e. The van der Waals surface area contributed by atoms with E-state index in [4.69, 9.17) is 4.74 Å². The van der Waals surface area contributed by atoms with Crippen LogP contribution in [-0.2, 0) is 4.79 Å². The van der Waals surface area contributed by atoms with Crippen molar-refractivity contribution in [2.75, 3.05) is 11.9 Å². The van der Waals surface area contributed by atoms with Gasteiger partial charge in [0.05, 0.1) is 5.69 Å². The lowest BCUT2D eigenvalue weighted by Gasteiger charge is -2.07. The topological polar surface area (TPSA) is 64.1 Å². The molecule has 0 fully saturated rings. The van der Waals surface area contributed by atoms with Crippen molar-refractivity contribution in [3.05, 3.63) is 59.2 Å². The third-order valence-electron chi connectivity index (χ3n) is 3.57. The van der Waals surface area contributed by atoms with Crippen LogP contribution < -0.4 is 10.1 Å². The molecule has 0 saturated carbocycles. The van der Waals surface area contributed by atoms with Crippen molar-refractivity contribution in [3.63, 3.8) is 0 Å². The summed E-state index contributed by atoms with van der Waals surface area (Å²) in [5.74, 6) is 0.453. The van der Waals surface area contributed by atoms with Crippen LogP contribution in [0.4, 0.5) is 5.13 Å². The second kappa shape index (κ2) is 7.23. The van der Waals surface area contributed by atoms with Gasteiger partial charge in [0, 0.05) is 23.3 Å². The smallest absolute Gasteiger partial charge is 0.264 e. The van der Waals surface area contributed by atoms with E-state index in [0.29, 0.717) is 10.9 Å². The molecule has 1 aromatic carbocycles. The fourth-order valence-electron chi connectivity index (χ4n) is 2.09. The number of rotatable bonds is 5. The summed E-state index contributed by atoms with van der Waals surface area (Å²) in [6, 6.07) is 9.52. The van der Waals surface area contributed by atoms with Gasteiger partial charge in [0.2, 0.25) is 0 Å². The standard InChI is InChI=1S/C18H17N3O2S/c1-12-3-4-15(9-13(12)2)23-10-17(22)21-18-20-16(11-24-18)14-5-7-19-8-6-14/h3-9,11H,10H2,1-2H3,(H,20,21,22). The number of nitrogens with one attached hydrogen (secondary N) is 1. The lowest BCUT2D eigenvalue weighted by atomic mass is 10.1. The van der Waals surface area contributed by atoms with Crippen molar-refractivity contribution < 1.29 is 9.53 Å². The number of carbonyl (C=O) groups is 1. The minimum absolute atomic E-state index is 0.0489. The van der Waals surface area contributed by atoms with Crippen molar-refractivity contribution in [3.8, 4) is 17.0 Å². The predicted molar refractivity (Wildman–Crippen MR) is 95.4 cm³/mol. The molecule has 3 aromatic rings. The summed E-state index contributed by atoms with van der Waals surface area (Å²) in [6.45, 7) is 4.00. The number of nitrogens with zero attached hydrogens (tertiary/aromatic N) is 2. The molecular formula is C18H17N3O2S. The monoisotopic (exact) mass is 339 g/mol. The lowest BCUT2D eigenvalue weighted by Crippen LogP contribution is -2.20. The van der Waals surface area contributed by atoms with Crippen LogP contribution in [0.3, 0.4) is 0 Å². The first-order chi connectivity index (χ1) is 11.6. The number of aryl methyl sites for hydroxylation is 2. The molecule has 122 valence electrons. The number of hydrogen-bond acceptors (Lipinski definition) is 5. The molecule has 0 aliphatic rings. The van der Waals surface area contributed by atoms with E-state index in [9.17, 15) is 4.79 Å². The van der Waals surface area contributed by atoms with E-state index in [0.717, 1.165) is 16.8 Å². The fraction of sp³-hybridized carbons (Fsp3) is 0.167. The molecule has 1 amide bonds. The maximum absolute atomic E-state index is 12.0. The molecule has 0 unspecified atom stereocenters. The van der Waals surface area contributed by atoms with Gasteiger partial charge in [0.15, 0.2) is 11.7 Å². The number of thiazole rings is 1. The van der Waals surface area contributed by atoms with E-state index < -0.39 is 0 Å². The number of hydrogen-bond donors (Lipinski definition) is 1. The molecule has 5 nitrogen and oxygen atoms in total. The zero-order chi connectivity index (χ0) is 16.9. The van der Waals surface area contributed by atoms with Crippen molar-refractivity contribution >= 4 is 22.4 Å². The van der Waals surface area contributed by atoms with Crippen molar-refractivity contribution in [2.24, 2.45) is 0 Å². The summed E-state index contributed by atoms with van der Waals surface area (Å²) in [7, 11) is 0. The maximum atomic E-state index is 12.0. The summed E-state index contributed by atoms with van der Waals surface area (Å²) >= 11 is 1.38. The lowest BCUT2D eigenvalue weighted by molar-refractivity contribution is -0.118. The second-order valence-corrected chi connectivity index (χ2v) is 6.21. The Hall–Kier alpha value is -2.73. The van der Waals surface area contributed by atoms with Crippen LogP contribution in [0, 0.1) is 13.8 Å². The Bertz CT molecular complexity index is 846. The van der Waals surface area contributed by atoms with Gasteiger partial charge in [-0.15, -0.1) is 11.3 Å². The number of ether oxygens (including phenoxy) is 1. The fourth-order valence-corrected chi connectivity index (χ4v) is 2.83. The Kier molecular flexibility index (Phi) is 4.86. The van der Waals surface area contributed by atoms with Gasteiger partial charge < -0.3 is 4.74 Å². The normalized spacial score (nSPS) is 10.4. The average molecular weight is 339 g/mol. The van der Waals surface area contributed by atoms with Crippen molar-refractivity contribution in [1.82, 2.24) is 9.97 Å². The molecule has 6 heteroatoms. The van der Waals surface area contributed by atoms with Crippen LogP contribution in [0.5, 0.6) is 5.75 Å². The average Bonchev–Trinajstić information content (AvgIpc) is 3.05. The van der Waals surface area contributed by atoms with Gasteiger partial charge in [-0.1, -0.05) is 6.07 Å². The Labute approximate surface area is 144 Å². The quantitative estimate of drug-likeness (QED) is 0.767. The molecule has 0 saturated heterocycles. The van der Waals surface area contributed by atoms with Crippen LogP contribution in [0.2, 0.25) is 0 Å². The molecule has 0 radical (unpaired) electrons. The maximum Gasteiger partial charge on any atom is 0.264 e. The molecule has 0 spiro atoms. The number of carbonyl (C=O) groups excluding carboxylic acids is 1. The molecule has 0 aliphatic carbocycles. The Morgan fingerprint density at radius 3 is 2.71 bits per heavy atom. The SMILES string of the molecule is Cc1ccc(OCC(=O)Nc2nc(-c3ccncc3)cs2)cc1C. The molecule has 3 rings (SSSR count). The van der Waals surface area contributed by atoms with Gasteiger partial charge in [0.25, 0.3) is 5.91 Å². The Balaban J connectivity index is 1.57. The third kappa shape index (κ3) is 3.97. The molecule has 1 N–H and O–H groups in total. The van der Waals surface area contributed by atoms with Gasteiger partial charge in [0.1, 0.15) is 5.75 Å². The minimum Gasteiger partial charge on any atom is -0.484 e. The van der Waals surface area contributed by atoms with Crippen molar-refractivity contribution in [1.29, 1.82) is 0 Å².